The molecule has 108 valence electrons. The van der Waals surface area contributed by atoms with Crippen molar-refractivity contribution in [2.45, 2.75) is 26.6 Å². The average molecular weight is 287 g/mol. The number of hydrogen-bond acceptors (Lipinski definition) is 5. The number of aromatic nitrogens is 3. The lowest BCUT2D eigenvalue weighted by Crippen LogP contribution is -2.25. The molecule has 0 bridgehead atoms. The summed E-state index contributed by atoms with van der Waals surface area (Å²) in [5, 5.41) is -0.552. The van der Waals surface area contributed by atoms with Gasteiger partial charge in [0.05, 0.1) is 10.9 Å². The van der Waals surface area contributed by atoms with E-state index in [-0.39, 0.29) is 23.8 Å². The van der Waals surface area contributed by atoms with Gasteiger partial charge in [0.15, 0.2) is 0 Å². The lowest BCUT2D eigenvalue weighted by atomic mass is 10.1. The first-order valence-electron chi connectivity index (χ1n) is 5.75. The van der Waals surface area contributed by atoms with Crippen LogP contribution in [0, 0.1) is 6.92 Å². The van der Waals surface area contributed by atoms with Crippen LogP contribution in [-0.4, -0.2) is 14.5 Å². The van der Waals surface area contributed by atoms with Gasteiger partial charge in [-0.1, -0.05) is 0 Å². The minimum Gasteiger partial charge on any atom is -0.295 e. The summed E-state index contributed by atoms with van der Waals surface area (Å²) in [5.74, 6) is 5.19. The second-order valence-corrected chi connectivity index (χ2v) is 4.14. The summed E-state index contributed by atoms with van der Waals surface area (Å²) < 4.78 is 40.5. The summed E-state index contributed by atoms with van der Waals surface area (Å²) in [7, 11) is 0. The Morgan fingerprint density at radius 1 is 1.40 bits per heavy atom. The third-order valence-electron chi connectivity index (χ3n) is 2.81. The van der Waals surface area contributed by atoms with Crippen LogP contribution in [0.2, 0.25) is 0 Å². The molecule has 0 saturated carbocycles. The first kappa shape index (κ1) is 14.3. The van der Waals surface area contributed by atoms with Crippen molar-refractivity contribution in [3.8, 4) is 0 Å². The second kappa shape index (κ2) is 4.75. The first-order chi connectivity index (χ1) is 9.29. The number of anilines is 1. The molecule has 0 fully saturated rings. The zero-order valence-corrected chi connectivity index (χ0v) is 10.7. The highest BCUT2D eigenvalue weighted by Gasteiger charge is 2.35. The molecule has 20 heavy (non-hydrogen) atoms. The molecule has 0 aliphatic heterocycles. The number of hydrogen-bond donors (Lipinski definition) is 2. The predicted octanol–water partition coefficient (Wildman–Crippen LogP) is 1.42. The minimum atomic E-state index is -4.66. The third kappa shape index (κ3) is 2.20. The van der Waals surface area contributed by atoms with Crippen LogP contribution in [0.5, 0.6) is 0 Å². The molecule has 2 aromatic rings. The molecule has 0 aliphatic carbocycles. The van der Waals surface area contributed by atoms with Crippen LogP contribution in [0.25, 0.3) is 11.0 Å². The summed E-state index contributed by atoms with van der Waals surface area (Å²) in [5.41, 5.74) is 0.196. The van der Waals surface area contributed by atoms with E-state index in [0.29, 0.717) is 0 Å². The van der Waals surface area contributed by atoms with E-state index in [1.165, 1.54) is 11.5 Å². The summed E-state index contributed by atoms with van der Waals surface area (Å²) in [6.07, 6.45) is -4.66. The molecule has 0 unspecified atom stereocenters. The van der Waals surface area contributed by atoms with Crippen LogP contribution in [0.3, 0.4) is 0 Å². The van der Waals surface area contributed by atoms with E-state index in [1.54, 1.807) is 6.92 Å². The Labute approximate surface area is 111 Å². The van der Waals surface area contributed by atoms with E-state index < -0.39 is 22.7 Å². The van der Waals surface area contributed by atoms with E-state index in [2.05, 4.69) is 15.4 Å². The van der Waals surface area contributed by atoms with E-state index in [9.17, 15) is 18.0 Å². The van der Waals surface area contributed by atoms with Crippen molar-refractivity contribution in [3.05, 3.63) is 27.7 Å². The number of aryl methyl sites for hydroxylation is 2. The molecule has 2 aromatic heterocycles. The number of nitrogen functional groups attached to an aromatic ring is 1. The molecule has 0 radical (unpaired) electrons. The summed E-state index contributed by atoms with van der Waals surface area (Å²) in [6, 6.07) is 0.834. The topological polar surface area (TPSA) is 85.8 Å². The molecule has 6 nitrogen and oxygen atoms in total. The fourth-order valence-electron chi connectivity index (χ4n) is 2.01. The Morgan fingerprint density at radius 3 is 2.55 bits per heavy atom. The molecule has 0 aromatic carbocycles. The molecule has 2 heterocycles. The van der Waals surface area contributed by atoms with Gasteiger partial charge in [-0.15, -0.1) is 0 Å². The molecule has 2 rings (SSSR count). The van der Waals surface area contributed by atoms with Crippen molar-refractivity contribution in [2.24, 2.45) is 5.84 Å². The van der Waals surface area contributed by atoms with Gasteiger partial charge in [-0.2, -0.15) is 18.2 Å². The summed E-state index contributed by atoms with van der Waals surface area (Å²) in [6.45, 7) is 3.37. The van der Waals surface area contributed by atoms with Crippen molar-refractivity contribution in [2.75, 3.05) is 5.43 Å². The number of rotatable bonds is 2. The smallest absolute Gasteiger partial charge is 0.295 e. The lowest BCUT2D eigenvalue weighted by molar-refractivity contribution is -0.136. The maximum Gasteiger partial charge on any atom is 0.417 e. The normalized spacial score (nSPS) is 11.9. The molecular formula is C11H12F3N5O. The maximum atomic E-state index is 13.1. The Hall–Kier alpha value is -2.16. The highest BCUT2D eigenvalue weighted by atomic mass is 19.4. The zero-order chi connectivity index (χ0) is 15.1. The largest absolute Gasteiger partial charge is 0.417 e. The van der Waals surface area contributed by atoms with Gasteiger partial charge >= 0.3 is 6.18 Å². The molecular weight excluding hydrogens is 275 g/mol. The van der Waals surface area contributed by atoms with Gasteiger partial charge in [-0.25, -0.2) is 10.8 Å². The molecule has 0 amide bonds. The van der Waals surface area contributed by atoms with Gasteiger partial charge in [-0.3, -0.25) is 14.8 Å². The number of nitrogens with one attached hydrogen (secondary N) is 1. The number of fused-ring (bicyclic) bond motifs is 1. The fraction of sp³-hybridized carbons (Fsp3) is 0.364. The first-order valence-corrected chi connectivity index (χ1v) is 5.75. The number of halogens is 3. The van der Waals surface area contributed by atoms with Crippen LogP contribution < -0.4 is 16.8 Å². The molecule has 9 heteroatoms. The molecule has 0 saturated heterocycles. The van der Waals surface area contributed by atoms with Crippen LogP contribution in [-0.2, 0) is 12.7 Å². The van der Waals surface area contributed by atoms with Gasteiger partial charge in [0.1, 0.15) is 5.65 Å². The lowest BCUT2D eigenvalue weighted by Gasteiger charge is -2.16. The van der Waals surface area contributed by atoms with Crippen molar-refractivity contribution in [1.82, 2.24) is 14.5 Å². The standard InChI is InChI=1S/C11H12F3N5O/c1-3-19-8-7(9(20)17-10(19)18-15)6(11(12,13)14)4-5(2)16-8/h4H,3,15H2,1-2H3,(H,17,18,20). The van der Waals surface area contributed by atoms with Gasteiger partial charge in [-0.05, 0) is 19.9 Å². The number of alkyl halides is 3. The average Bonchev–Trinajstić information content (AvgIpc) is 2.36. The van der Waals surface area contributed by atoms with Crippen LogP contribution in [0.15, 0.2) is 10.9 Å². The van der Waals surface area contributed by atoms with Crippen molar-refractivity contribution in [1.29, 1.82) is 0 Å². The van der Waals surface area contributed by atoms with E-state index in [4.69, 9.17) is 5.84 Å². The van der Waals surface area contributed by atoms with E-state index in [1.807, 2.05) is 0 Å². The van der Waals surface area contributed by atoms with Crippen molar-refractivity contribution >= 4 is 17.0 Å². The zero-order valence-electron chi connectivity index (χ0n) is 10.7. The van der Waals surface area contributed by atoms with E-state index in [0.717, 1.165) is 6.07 Å². The number of nitrogens with zero attached hydrogens (tertiary/aromatic N) is 3. The van der Waals surface area contributed by atoms with E-state index >= 15 is 0 Å². The highest BCUT2D eigenvalue weighted by Crippen LogP contribution is 2.33. The molecule has 0 atom stereocenters. The van der Waals surface area contributed by atoms with Gasteiger partial charge in [0.2, 0.25) is 5.95 Å². The van der Waals surface area contributed by atoms with Crippen molar-refractivity contribution < 1.29 is 13.2 Å². The Kier molecular flexibility index (Phi) is 3.38. The maximum absolute atomic E-state index is 13.1. The highest BCUT2D eigenvalue weighted by molar-refractivity contribution is 5.80. The Bertz CT molecular complexity index is 723. The molecule has 3 N–H and O–H groups in total. The van der Waals surface area contributed by atoms with Crippen LogP contribution in [0.4, 0.5) is 19.1 Å². The molecule has 0 aliphatic rings. The summed E-state index contributed by atoms with van der Waals surface area (Å²) >= 11 is 0. The van der Waals surface area contributed by atoms with Gasteiger partial charge in [0, 0.05) is 12.2 Å². The Morgan fingerprint density at radius 2 is 2.05 bits per heavy atom. The van der Waals surface area contributed by atoms with Gasteiger partial charge in [0.25, 0.3) is 5.56 Å². The minimum absolute atomic E-state index is 0.0313. The number of hydrazine groups is 1. The molecule has 0 spiro atoms. The van der Waals surface area contributed by atoms with Crippen LogP contribution >= 0.6 is 0 Å². The quantitative estimate of drug-likeness (QED) is 0.644. The second-order valence-electron chi connectivity index (χ2n) is 4.14. The third-order valence-corrected chi connectivity index (χ3v) is 2.81. The monoisotopic (exact) mass is 287 g/mol. The fourth-order valence-corrected chi connectivity index (χ4v) is 2.01. The summed E-state index contributed by atoms with van der Waals surface area (Å²) in [4.78, 5) is 19.4. The van der Waals surface area contributed by atoms with Crippen LogP contribution in [0.1, 0.15) is 18.2 Å². The number of pyridine rings is 1. The predicted molar refractivity (Wildman–Crippen MR) is 67.0 cm³/mol. The SMILES string of the molecule is CCn1c(NN)nc(=O)c2c(C(F)(F)F)cc(C)nc21. The number of nitrogens with two attached hydrogens (primary N) is 1. The van der Waals surface area contributed by atoms with Gasteiger partial charge < -0.3 is 0 Å². The Balaban J connectivity index is 3.03. The van der Waals surface area contributed by atoms with Crippen molar-refractivity contribution in [3.63, 3.8) is 0 Å².